The first-order valence-corrected chi connectivity index (χ1v) is 12.4. The maximum Gasteiger partial charge on any atom is 0.283 e. The largest absolute Gasteiger partial charge is 0.497 e. The number of hydrazone groups is 1. The van der Waals surface area contributed by atoms with Gasteiger partial charge in [0.1, 0.15) is 29.8 Å². The summed E-state index contributed by atoms with van der Waals surface area (Å²) in [4.78, 5) is 16.8. The third-order valence-electron chi connectivity index (χ3n) is 5.19. The standard InChI is InChI=1S/C26H28N4O5S/c1-5-33-22-14-17(9-10-21(22)35-12-11-34-19-8-6-7-18(15-19)32-4)13-20-23(27)30-26(28-24(20)31)36-25(29-30)16(2)3/h6-10,13-16,27H,5,11-12H2,1-4H3/b20-13-,27-23?. The van der Waals surface area contributed by atoms with Crippen molar-refractivity contribution in [2.24, 2.45) is 16.0 Å². The van der Waals surface area contributed by atoms with Gasteiger partial charge in [0.25, 0.3) is 5.91 Å². The van der Waals surface area contributed by atoms with E-state index in [1.165, 1.54) is 16.8 Å². The van der Waals surface area contributed by atoms with Crippen LogP contribution in [0.2, 0.25) is 0 Å². The number of ether oxygens (including phenoxy) is 4. The maximum absolute atomic E-state index is 12.7. The van der Waals surface area contributed by atoms with E-state index in [-0.39, 0.29) is 17.3 Å². The number of carbonyl (C=O) groups is 1. The summed E-state index contributed by atoms with van der Waals surface area (Å²) in [6.45, 7) is 6.99. The maximum atomic E-state index is 12.7. The van der Waals surface area contributed by atoms with Crippen molar-refractivity contribution in [1.29, 1.82) is 5.41 Å². The van der Waals surface area contributed by atoms with Gasteiger partial charge in [-0.25, -0.2) is 0 Å². The Labute approximate surface area is 214 Å². The molecule has 0 saturated heterocycles. The summed E-state index contributed by atoms with van der Waals surface area (Å²) in [5.41, 5.74) is 0.848. The molecular weight excluding hydrogens is 480 g/mol. The summed E-state index contributed by atoms with van der Waals surface area (Å²) in [5.74, 6) is 2.22. The Hall–Kier alpha value is -3.79. The van der Waals surface area contributed by atoms with Gasteiger partial charge in [-0.3, -0.25) is 10.2 Å². The van der Waals surface area contributed by atoms with Gasteiger partial charge in [-0.05, 0) is 54.6 Å². The Morgan fingerprint density at radius 3 is 2.58 bits per heavy atom. The van der Waals surface area contributed by atoms with E-state index in [0.717, 1.165) is 10.8 Å². The number of rotatable bonds is 10. The van der Waals surface area contributed by atoms with Gasteiger partial charge in [0.15, 0.2) is 17.3 Å². The van der Waals surface area contributed by atoms with Crippen LogP contribution in [0, 0.1) is 11.3 Å². The van der Waals surface area contributed by atoms with E-state index < -0.39 is 5.91 Å². The molecule has 2 aliphatic heterocycles. The number of amides is 1. The zero-order chi connectivity index (χ0) is 25.7. The van der Waals surface area contributed by atoms with Crippen molar-refractivity contribution in [2.45, 2.75) is 20.8 Å². The number of aliphatic imine (C=N–C) groups is 1. The number of nitrogens with one attached hydrogen (secondary N) is 1. The molecule has 36 heavy (non-hydrogen) atoms. The van der Waals surface area contributed by atoms with Crippen LogP contribution in [-0.2, 0) is 4.79 Å². The highest BCUT2D eigenvalue weighted by Crippen LogP contribution is 2.33. The van der Waals surface area contributed by atoms with Crippen LogP contribution in [0.5, 0.6) is 23.0 Å². The molecule has 0 spiro atoms. The molecule has 0 fully saturated rings. The van der Waals surface area contributed by atoms with Crippen molar-refractivity contribution < 1.29 is 23.7 Å². The van der Waals surface area contributed by atoms with E-state index in [1.807, 2.05) is 39.0 Å². The van der Waals surface area contributed by atoms with Gasteiger partial charge in [-0.1, -0.05) is 26.0 Å². The molecule has 0 saturated carbocycles. The van der Waals surface area contributed by atoms with E-state index in [9.17, 15) is 4.79 Å². The van der Waals surface area contributed by atoms with Crippen LogP contribution in [0.25, 0.3) is 6.08 Å². The highest BCUT2D eigenvalue weighted by Gasteiger charge is 2.36. The molecule has 2 aromatic carbocycles. The molecule has 9 nitrogen and oxygen atoms in total. The number of nitrogens with zero attached hydrogens (tertiary/aromatic N) is 3. The summed E-state index contributed by atoms with van der Waals surface area (Å²) >= 11 is 1.32. The summed E-state index contributed by atoms with van der Waals surface area (Å²) in [6, 6.07) is 12.7. The first-order chi connectivity index (χ1) is 17.4. The number of fused-ring (bicyclic) bond motifs is 1. The molecular formula is C26H28N4O5S. The molecule has 0 bridgehead atoms. The van der Waals surface area contributed by atoms with Crippen LogP contribution < -0.4 is 18.9 Å². The smallest absolute Gasteiger partial charge is 0.283 e. The topological polar surface area (TPSA) is 106 Å². The van der Waals surface area contributed by atoms with E-state index in [4.69, 9.17) is 24.4 Å². The van der Waals surface area contributed by atoms with Crippen molar-refractivity contribution in [3.05, 3.63) is 53.6 Å². The molecule has 188 valence electrons. The zero-order valence-electron chi connectivity index (χ0n) is 20.6. The molecule has 10 heteroatoms. The van der Waals surface area contributed by atoms with Crippen LogP contribution in [-0.4, -0.2) is 53.9 Å². The van der Waals surface area contributed by atoms with Gasteiger partial charge in [0.2, 0.25) is 5.17 Å². The average Bonchev–Trinajstić information content (AvgIpc) is 3.30. The molecule has 2 heterocycles. The minimum absolute atomic E-state index is 0.00104. The highest BCUT2D eigenvalue weighted by molar-refractivity contribution is 8.27. The van der Waals surface area contributed by atoms with Crippen LogP contribution in [0.3, 0.4) is 0 Å². The van der Waals surface area contributed by atoms with Crippen molar-refractivity contribution in [3.63, 3.8) is 0 Å². The van der Waals surface area contributed by atoms with Gasteiger partial charge in [-0.15, -0.1) is 0 Å². The predicted octanol–water partition coefficient (Wildman–Crippen LogP) is 4.83. The summed E-state index contributed by atoms with van der Waals surface area (Å²) < 4.78 is 22.6. The zero-order valence-corrected chi connectivity index (χ0v) is 21.4. The molecule has 0 aliphatic carbocycles. The number of carbonyl (C=O) groups excluding carboxylic acids is 1. The molecule has 0 atom stereocenters. The minimum Gasteiger partial charge on any atom is -0.497 e. The molecule has 1 amide bonds. The van der Waals surface area contributed by atoms with E-state index >= 15 is 0 Å². The Morgan fingerprint density at radius 2 is 1.83 bits per heavy atom. The fourth-order valence-electron chi connectivity index (χ4n) is 3.41. The van der Waals surface area contributed by atoms with Gasteiger partial charge in [-0.2, -0.15) is 15.1 Å². The van der Waals surface area contributed by atoms with Crippen LogP contribution in [0.4, 0.5) is 0 Å². The Balaban J connectivity index is 1.46. The Kier molecular flexibility index (Phi) is 7.94. The third kappa shape index (κ3) is 5.71. The number of methoxy groups -OCH3 is 1. The van der Waals surface area contributed by atoms with Gasteiger partial charge in [0.05, 0.1) is 19.3 Å². The fraction of sp³-hybridized carbons (Fsp3) is 0.308. The van der Waals surface area contributed by atoms with Gasteiger partial charge in [0, 0.05) is 12.0 Å². The van der Waals surface area contributed by atoms with Gasteiger partial charge >= 0.3 is 0 Å². The number of hydrogen-bond acceptors (Lipinski definition) is 8. The Morgan fingerprint density at radius 1 is 1.06 bits per heavy atom. The second-order valence-electron chi connectivity index (χ2n) is 8.13. The quantitative estimate of drug-likeness (QED) is 0.362. The van der Waals surface area contributed by atoms with Crippen LogP contribution >= 0.6 is 11.8 Å². The van der Waals surface area contributed by atoms with Gasteiger partial charge < -0.3 is 18.9 Å². The van der Waals surface area contributed by atoms with Crippen molar-refractivity contribution in [3.8, 4) is 23.0 Å². The lowest BCUT2D eigenvalue weighted by Gasteiger charge is -2.20. The number of benzene rings is 2. The Bertz CT molecular complexity index is 1250. The number of amidine groups is 2. The monoisotopic (exact) mass is 508 g/mol. The number of hydrogen-bond donors (Lipinski definition) is 1. The molecule has 4 rings (SSSR count). The predicted molar refractivity (Wildman–Crippen MR) is 141 cm³/mol. The normalized spacial score (nSPS) is 16.1. The summed E-state index contributed by atoms with van der Waals surface area (Å²) in [5, 5.41) is 15.6. The van der Waals surface area contributed by atoms with Crippen molar-refractivity contribution >= 4 is 39.8 Å². The van der Waals surface area contributed by atoms with E-state index in [2.05, 4.69) is 10.1 Å². The first-order valence-electron chi connectivity index (χ1n) is 11.6. The fourth-order valence-corrected chi connectivity index (χ4v) is 4.30. The lowest BCUT2D eigenvalue weighted by molar-refractivity contribution is -0.114. The third-order valence-corrected chi connectivity index (χ3v) is 6.40. The lowest BCUT2D eigenvalue weighted by atomic mass is 10.1. The SMILES string of the molecule is CCOc1cc(/C=C2/C(=N)N3N=C(C(C)C)SC3=NC2=O)ccc1OCCOc1cccc(OC)c1. The van der Waals surface area contributed by atoms with Crippen molar-refractivity contribution in [1.82, 2.24) is 5.01 Å². The molecule has 2 aromatic rings. The summed E-state index contributed by atoms with van der Waals surface area (Å²) in [6.07, 6.45) is 1.62. The highest BCUT2D eigenvalue weighted by atomic mass is 32.2. The van der Waals surface area contributed by atoms with Crippen LogP contribution in [0.15, 0.2) is 58.1 Å². The summed E-state index contributed by atoms with van der Waals surface area (Å²) in [7, 11) is 1.61. The van der Waals surface area contributed by atoms with Crippen LogP contribution in [0.1, 0.15) is 26.3 Å². The average molecular weight is 509 g/mol. The second kappa shape index (κ2) is 11.3. The number of thioether (sulfide) groups is 1. The lowest BCUT2D eigenvalue weighted by Crippen LogP contribution is -2.35. The molecule has 1 N–H and O–H groups in total. The van der Waals surface area contributed by atoms with Crippen molar-refractivity contribution in [2.75, 3.05) is 26.9 Å². The molecule has 2 aliphatic rings. The van der Waals surface area contributed by atoms with E-state index in [0.29, 0.717) is 47.8 Å². The molecule has 0 aromatic heterocycles. The van der Waals surface area contributed by atoms with E-state index in [1.54, 1.807) is 37.5 Å². The molecule has 0 unspecified atom stereocenters. The first kappa shape index (κ1) is 25.3. The second-order valence-corrected chi connectivity index (χ2v) is 9.12. The minimum atomic E-state index is -0.466. The molecule has 0 radical (unpaired) electrons.